The molecular weight excluding hydrogens is 192 g/mol. The Balaban J connectivity index is 2.09. The number of aromatic nitrogens is 2. The van der Waals surface area contributed by atoms with Gasteiger partial charge in [-0.05, 0) is 12.3 Å². The van der Waals surface area contributed by atoms with Crippen molar-refractivity contribution in [2.45, 2.75) is 39.7 Å². The van der Waals surface area contributed by atoms with Crippen molar-refractivity contribution in [2.75, 3.05) is 11.9 Å². The Hall–Kier alpha value is -1.10. The molecule has 0 bridgehead atoms. The van der Waals surface area contributed by atoms with Crippen LogP contribution < -0.4 is 11.1 Å². The Morgan fingerprint density at radius 2 is 2.13 bits per heavy atom. The molecule has 0 spiro atoms. The number of anilines is 1. The van der Waals surface area contributed by atoms with Crippen LogP contribution in [0.5, 0.6) is 0 Å². The summed E-state index contributed by atoms with van der Waals surface area (Å²) in [5.41, 5.74) is 5.35. The maximum absolute atomic E-state index is 5.35. The largest absolute Gasteiger partial charge is 0.407 e. The SMILES string of the molecule is CC(C)CCCCNc1nnc(CN)o1. The summed E-state index contributed by atoms with van der Waals surface area (Å²) in [5.74, 6) is 1.25. The first-order chi connectivity index (χ1) is 7.22. The summed E-state index contributed by atoms with van der Waals surface area (Å²) >= 11 is 0. The first-order valence-corrected chi connectivity index (χ1v) is 5.48. The molecule has 15 heavy (non-hydrogen) atoms. The predicted molar refractivity (Wildman–Crippen MR) is 59.4 cm³/mol. The zero-order valence-electron chi connectivity index (χ0n) is 9.49. The van der Waals surface area contributed by atoms with Crippen LogP contribution in [0.4, 0.5) is 6.01 Å². The summed E-state index contributed by atoms with van der Waals surface area (Å²) in [6.07, 6.45) is 3.61. The van der Waals surface area contributed by atoms with E-state index >= 15 is 0 Å². The van der Waals surface area contributed by atoms with Crippen molar-refractivity contribution in [1.29, 1.82) is 0 Å². The second-order valence-electron chi connectivity index (χ2n) is 4.02. The standard InChI is InChI=1S/C10H20N4O/c1-8(2)5-3-4-6-12-10-14-13-9(7-11)15-10/h8H,3-7,11H2,1-2H3,(H,12,14). The van der Waals surface area contributed by atoms with Gasteiger partial charge in [-0.15, -0.1) is 5.10 Å². The highest BCUT2D eigenvalue weighted by molar-refractivity contribution is 5.16. The molecule has 0 saturated heterocycles. The van der Waals surface area contributed by atoms with E-state index in [-0.39, 0.29) is 0 Å². The molecule has 0 aromatic carbocycles. The first kappa shape index (κ1) is 12.0. The number of hydrogen-bond donors (Lipinski definition) is 2. The average Bonchev–Trinajstić information content (AvgIpc) is 2.65. The van der Waals surface area contributed by atoms with Crippen LogP contribution >= 0.6 is 0 Å². The molecule has 0 atom stereocenters. The van der Waals surface area contributed by atoms with Gasteiger partial charge in [0.15, 0.2) is 0 Å². The van der Waals surface area contributed by atoms with Crippen molar-refractivity contribution in [2.24, 2.45) is 11.7 Å². The fourth-order valence-corrected chi connectivity index (χ4v) is 1.28. The summed E-state index contributed by atoms with van der Waals surface area (Å²) in [7, 11) is 0. The van der Waals surface area contributed by atoms with Crippen molar-refractivity contribution in [3.05, 3.63) is 5.89 Å². The number of unbranched alkanes of at least 4 members (excludes halogenated alkanes) is 1. The highest BCUT2D eigenvalue weighted by atomic mass is 16.4. The molecular formula is C10H20N4O. The molecule has 0 saturated carbocycles. The van der Waals surface area contributed by atoms with Gasteiger partial charge in [-0.1, -0.05) is 31.8 Å². The summed E-state index contributed by atoms with van der Waals surface area (Å²) in [5, 5.41) is 10.6. The third-order valence-electron chi connectivity index (χ3n) is 2.13. The molecule has 0 aliphatic carbocycles. The molecule has 1 aromatic heterocycles. The molecule has 1 aromatic rings. The van der Waals surface area contributed by atoms with Crippen LogP contribution in [0.15, 0.2) is 4.42 Å². The Labute approximate surface area is 90.4 Å². The Kier molecular flexibility index (Phi) is 5.10. The minimum Gasteiger partial charge on any atom is -0.407 e. The Bertz CT molecular complexity index is 272. The lowest BCUT2D eigenvalue weighted by molar-refractivity contribution is 0.503. The summed E-state index contributed by atoms with van der Waals surface area (Å²) in [4.78, 5) is 0. The molecule has 0 radical (unpaired) electrons. The monoisotopic (exact) mass is 212 g/mol. The zero-order chi connectivity index (χ0) is 11.1. The van der Waals surface area contributed by atoms with E-state index in [1.54, 1.807) is 0 Å². The van der Waals surface area contributed by atoms with Crippen molar-refractivity contribution in [1.82, 2.24) is 10.2 Å². The van der Waals surface area contributed by atoms with Gasteiger partial charge in [0.05, 0.1) is 6.54 Å². The molecule has 1 rings (SSSR count). The van der Waals surface area contributed by atoms with Crippen molar-refractivity contribution < 1.29 is 4.42 Å². The third kappa shape index (κ3) is 4.78. The van der Waals surface area contributed by atoms with Gasteiger partial charge in [-0.25, -0.2) is 0 Å². The summed E-state index contributed by atoms with van der Waals surface area (Å²) < 4.78 is 5.20. The van der Waals surface area contributed by atoms with E-state index in [2.05, 4.69) is 29.4 Å². The summed E-state index contributed by atoms with van der Waals surface area (Å²) in [6, 6.07) is 0.472. The Morgan fingerprint density at radius 1 is 1.33 bits per heavy atom. The fraction of sp³-hybridized carbons (Fsp3) is 0.800. The maximum Gasteiger partial charge on any atom is 0.315 e. The Morgan fingerprint density at radius 3 is 2.73 bits per heavy atom. The molecule has 1 heterocycles. The number of nitrogens with one attached hydrogen (secondary N) is 1. The topological polar surface area (TPSA) is 77.0 Å². The smallest absolute Gasteiger partial charge is 0.315 e. The highest BCUT2D eigenvalue weighted by Gasteiger charge is 2.02. The van der Waals surface area contributed by atoms with Crippen molar-refractivity contribution in [3.8, 4) is 0 Å². The highest BCUT2D eigenvalue weighted by Crippen LogP contribution is 2.08. The van der Waals surface area contributed by atoms with Crippen LogP contribution in [-0.2, 0) is 6.54 Å². The fourth-order valence-electron chi connectivity index (χ4n) is 1.28. The van der Waals surface area contributed by atoms with Crippen LogP contribution in [0.25, 0.3) is 0 Å². The van der Waals surface area contributed by atoms with E-state index in [1.807, 2.05) is 0 Å². The van der Waals surface area contributed by atoms with E-state index in [1.165, 1.54) is 12.8 Å². The van der Waals surface area contributed by atoms with Crippen LogP contribution in [0, 0.1) is 5.92 Å². The maximum atomic E-state index is 5.35. The molecule has 0 amide bonds. The molecule has 3 N–H and O–H groups in total. The van der Waals surface area contributed by atoms with E-state index in [4.69, 9.17) is 10.2 Å². The molecule has 0 aliphatic rings. The lowest BCUT2D eigenvalue weighted by Gasteiger charge is -2.03. The number of rotatable bonds is 7. The van der Waals surface area contributed by atoms with Gasteiger partial charge in [-0.3, -0.25) is 0 Å². The van der Waals surface area contributed by atoms with Gasteiger partial charge in [0.1, 0.15) is 0 Å². The van der Waals surface area contributed by atoms with Crippen LogP contribution in [0.3, 0.4) is 0 Å². The van der Waals surface area contributed by atoms with Crippen molar-refractivity contribution >= 4 is 6.01 Å². The third-order valence-corrected chi connectivity index (χ3v) is 2.13. The van der Waals surface area contributed by atoms with Gasteiger partial charge >= 0.3 is 6.01 Å². The quantitative estimate of drug-likeness (QED) is 0.673. The van der Waals surface area contributed by atoms with Crippen LogP contribution in [0.1, 0.15) is 39.0 Å². The molecule has 0 fully saturated rings. The predicted octanol–water partition coefficient (Wildman–Crippen LogP) is 1.77. The van der Waals surface area contributed by atoms with Crippen LogP contribution in [-0.4, -0.2) is 16.7 Å². The van der Waals surface area contributed by atoms with Gasteiger partial charge in [0, 0.05) is 6.54 Å². The van der Waals surface area contributed by atoms with E-state index in [9.17, 15) is 0 Å². The minimum absolute atomic E-state index is 0.294. The minimum atomic E-state index is 0.294. The zero-order valence-corrected chi connectivity index (χ0v) is 9.49. The lowest BCUT2D eigenvalue weighted by Crippen LogP contribution is -2.02. The van der Waals surface area contributed by atoms with E-state index < -0.39 is 0 Å². The average molecular weight is 212 g/mol. The second-order valence-corrected chi connectivity index (χ2v) is 4.02. The first-order valence-electron chi connectivity index (χ1n) is 5.48. The second kappa shape index (κ2) is 6.40. The van der Waals surface area contributed by atoms with Gasteiger partial charge in [0.2, 0.25) is 5.89 Å². The number of hydrogen-bond acceptors (Lipinski definition) is 5. The molecule has 5 nitrogen and oxygen atoms in total. The van der Waals surface area contributed by atoms with E-state index in [0.29, 0.717) is 18.5 Å². The molecule has 86 valence electrons. The lowest BCUT2D eigenvalue weighted by atomic mass is 10.1. The van der Waals surface area contributed by atoms with Gasteiger partial charge in [0.25, 0.3) is 0 Å². The molecule has 0 aliphatic heterocycles. The van der Waals surface area contributed by atoms with Gasteiger partial charge in [-0.2, -0.15) is 0 Å². The molecule has 0 unspecified atom stereocenters. The number of nitrogens with zero attached hydrogens (tertiary/aromatic N) is 2. The number of nitrogens with two attached hydrogens (primary N) is 1. The normalized spacial score (nSPS) is 10.9. The molecule has 5 heteroatoms. The summed E-state index contributed by atoms with van der Waals surface area (Å²) in [6.45, 7) is 5.64. The van der Waals surface area contributed by atoms with E-state index in [0.717, 1.165) is 18.9 Å². The van der Waals surface area contributed by atoms with Crippen molar-refractivity contribution in [3.63, 3.8) is 0 Å². The van der Waals surface area contributed by atoms with Crippen LogP contribution in [0.2, 0.25) is 0 Å². The van der Waals surface area contributed by atoms with Gasteiger partial charge < -0.3 is 15.5 Å².